The highest BCUT2D eigenvalue weighted by molar-refractivity contribution is 5.67. The molecular weight excluding hydrogens is 312 g/mol. The molecule has 0 spiro atoms. The van der Waals surface area contributed by atoms with Crippen LogP contribution in [-0.4, -0.2) is 36.2 Å². The second-order valence-corrected chi connectivity index (χ2v) is 8.41. The molecular formula is C21H32N2O2. The highest BCUT2D eigenvalue weighted by Crippen LogP contribution is 2.33. The van der Waals surface area contributed by atoms with Crippen molar-refractivity contribution in [1.82, 2.24) is 10.2 Å². The number of ether oxygens (including phenoxy) is 1. The predicted molar refractivity (Wildman–Crippen MR) is 100 cm³/mol. The molecule has 1 amide bonds. The zero-order valence-electron chi connectivity index (χ0n) is 15.7. The van der Waals surface area contributed by atoms with Crippen LogP contribution in [0.2, 0.25) is 0 Å². The second-order valence-electron chi connectivity index (χ2n) is 8.41. The van der Waals surface area contributed by atoms with Gasteiger partial charge in [0.2, 0.25) is 0 Å². The van der Waals surface area contributed by atoms with E-state index in [1.807, 2.05) is 30.3 Å². The minimum absolute atomic E-state index is 0.265. The second kappa shape index (κ2) is 8.22. The van der Waals surface area contributed by atoms with Crippen molar-refractivity contribution in [3.63, 3.8) is 0 Å². The molecule has 1 saturated carbocycles. The molecule has 1 aromatic rings. The molecule has 138 valence electrons. The van der Waals surface area contributed by atoms with Crippen LogP contribution in [0.1, 0.15) is 57.9 Å². The summed E-state index contributed by atoms with van der Waals surface area (Å²) in [5.41, 5.74) is 1.53. The monoisotopic (exact) mass is 344 g/mol. The molecule has 1 aliphatic carbocycles. The summed E-state index contributed by atoms with van der Waals surface area (Å²) in [4.78, 5) is 14.7. The van der Waals surface area contributed by atoms with Crippen molar-refractivity contribution in [3.8, 4) is 0 Å². The Morgan fingerprint density at radius 1 is 1.12 bits per heavy atom. The average Bonchev–Trinajstić information content (AvgIpc) is 2.62. The maximum atomic E-state index is 12.0. The molecule has 25 heavy (non-hydrogen) atoms. The zero-order chi connectivity index (χ0) is 17.7. The van der Waals surface area contributed by atoms with Crippen LogP contribution in [0, 0.1) is 5.41 Å². The van der Waals surface area contributed by atoms with Gasteiger partial charge in [0, 0.05) is 12.1 Å². The van der Waals surface area contributed by atoms with E-state index in [0.717, 1.165) is 18.4 Å². The number of carbonyl (C=O) groups excluding carboxylic acids is 1. The number of amides is 1. The Morgan fingerprint density at radius 3 is 2.40 bits per heavy atom. The van der Waals surface area contributed by atoms with Gasteiger partial charge in [0.05, 0.1) is 0 Å². The van der Waals surface area contributed by atoms with Gasteiger partial charge in [-0.2, -0.15) is 0 Å². The molecule has 4 heteroatoms. The van der Waals surface area contributed by atoms with Crippen molar-refractivity contribution in [3.05, 3.63) is 35.9 Å². The number of carbonyl (C=O) groups is 1. The highest BCUT2D eigenvalue weighted by atomic mass is 16.5. The van der Waals surface area contributed by atoms with E-state index in [0.29, 0.717) is 18.1 Å². The highest BCUT2D eigenvalue weighted by Gasteiger charge is 2.32. The lowest BCUT2D eigenvalue weighted by molar-refractivity contribution is 0.0696. The molecule has 0 aromatic heterocycles. The lowest BCUT2D eigenvalue weighted by atomic mass is 9.81. The Labute approximate surface area is 151 Å². The Bertz CT molecular complexity index is 540. The van der Waals surface area contributed by atoms with Gasteiger partial charge in [-0.1, -0.05) is 44.2 Å². The van der Waals surface area contributed by atoms with E-state index in [4.69, 9.17) is 4.74 Å². The quantitative estimate of drug-likeness (QED) is 0.883. The Hall–Kier alpha value is -1.55. The van der Waals surface area contributed by atoms with Crippen LogP contribution in [-0.2, 0) is 11.3 Å². The lowest BCUT2D eigenvalue weighted by Crippen LogP contribution is -2.47. The van der Waals surface area contributed by atoms with Gasteiger partial charge in [-0.15, -0.1) is 0 Å². The number of rotatable bonds is 4. The molecule has 4 nitrogen and oxygen atoms in total. The Morgan fingerprint density at radius 2 is 1.76 bits per heavy atom. The van der Waals surface area contributed by atoms with E-state index < -0.39 is 0 Å². The van der Waals surface area contributed by atoms with Crippen molar-refractivity contribution < 1.29 is 9.53 Å². The van der Waals surface area contributed by atoms with Gasteiger partial charge in [0.15, 0.2) is 0 Å². The third-order valence-corrected chi connectivity index (χ3v) is 5.90. The fourth-order valence-corrected chi connectivity index (χ4v) is 4.01. The minimum Gasteiger partial charge on any atom is -0.445 e. The number of hydrogen-bond donors (Lipinski definition) is 1. The maximum Gasteiger partial charge on any atom is 0.407 e. The van der Waals surface area contributed by atoms with Crippen LogP contribution in [0.15, 0.2) is 30.3 Å². The van der Waals surface area contributed by atoms with Gasteiger partial charge in [-0.05, 0) is 62.6 Å². The van der Waals surface area contributed by atoms with Gasteiger partial charge in [0.25, 0.3) is 0 Å². The van der Waals surface area contributed by atoms with Crippen LogP contribution < -0.4 is 5.32 Å². The molecule has 3 rings (SSSR count). The Balaban J connectivity index is 1.35. The molecule has 1 aromatic carbocycles. The SMILES string of the molecule is CC1(C)CCN(C2CCC(NC(=O)OCc3ccccc3)CC2)CC1. The van der Waals surface area contributed by atoms with E-state index in [1.54, 1.807) is 0 Å². The van der Waals surface area contributed by atoms with E-state index in [9.17, 15) is 4.79 Å². The van der Waals surface area contributed by atoms with Gasteiger partial charge >= 0.3 is 6.09 Å². The number of nitrogens with zero attached hydrogens (tertiary/aromatic N) is 1. The lowest BCUT2D eigenvalue weighted by Gasteiger charge is -2.43. The number of benzene rings is 1. The molecule has 1 aliphatic heterocycles. The number of piperidine rings is 1. The van der Waals surface area contributed by atoms with Crippen molar-refractivity contribution in [1.29, 1.82) is 0 Å². The van der Waals surface area contributed by atoms with Crippen LogP contribution in [0.25, 0.3) is 0 Å². The molecule has 2 aliphatic rings. The van der Waals surface area contributed by atoms with Crippen LogP contribution in [0.4, 0.5) is 4.79 Å². The first-order chi connectivity index (χ1) is 12.0. The standard InChI is InChI=1S/C21H32N2O2/c1-21(2)12-14-23(15-13-21)19-10-8-18(9-11-19)22-20(24)25-16-17-6-4-3-5-7-17/h3-7,18-19H,8-16H2,1-2H3,(H,22,24). The first kappa shape index (κ1) is 18.2. The molecule has 0 unspecified atom stereocenters. The molecule has 0 bridgehead atoms. The topological polar surface area (TPSA) is 41.6 Å². The third-order valence-electron chi connectivity index (χ3n) is 5.90. The van der Waals surface area contributed by atoms with Crippen molar-refractivity contribution in [2.24, 2.45) is 5.41 Å². The summed E-state index contributed by atoms with van der Waals surface area (Å²) in [5.74, 6) is 0. The number of likely N-dealkylation sites (tertiary alicyclic amines) is 1. The van der Waals surface area contributed by atoms with E-state index in [2.05, 4.69) is 24.1 Å². The molecule has 1 N–H and O–H groups in total. The normalized spacial score (nSPS) is 26.8. The van der Waals surface area contributed by atoms with Gasteiger partial charge in [0.1, 0.15) is 6.61 Å². The van der Waals surface area contributed by atoms with Gasteiger partial charge in [-0.25, -0.2) is 4.79 Å². The summed E-state index contributed by atoms with van der Waals surface area (Å²) < 4.78 is 5.34. The summed E-state index contributed by atoms with van der Waals surface area (Å²) >= 11 is 0. The fraction of sp³-hybridized carbons (Fsp3) is 0.667. The summed E-state index contributed by atoms with van der Waals surface area (Å²) in [6.45, 7) is 7.56. The summed E-state index contributed by atoms with van der Waals surface area (Å²) in [6.07, 6.45) is 6.81. The summed E-state index contributed by atoms with van der Waals surface area (Å²) in [5, 5.41) is 3.05. The Kier molecular flexibility index (Phi) is 6.00. The van der Waals surface area contributed by atoms with E-state index >= 15 is 0 Å². The zero-order valence-corrected chi connectivity index (χ0v) is 15.7. The first-order valence-corrected chi connectivity index (χ1v) is 9.73. The van der Waals surface area contributed by atoms with Crippen molar-refractivity contribution in [2.75, 3.05) is 13.1 Å². The van der Waals surface area contributed by atoms with E-state index in [1.165, 1.54) is 38.8 Å². The maximum absolute atomic E-state index is 12.0. The summed E-state index contributed by atoms with van der Waals surface area (Å²) in [6, 6.07) is 10.8. The molecule has 0 radical (unpaired) electrons. The number of hydrogen-bond acceptors (Lipinski definition) is 3. The molecule has 1 saturated heterocycles. The molecule has 1 heterocycles. The average molecular weight is 344 g/mol. The van der Waals surface area contributed by atoms with Gasteiger partial charge < -0.3 is 15.0 Å². The fourth-order valence-electron chi connectivity index (χ4n) is 4.01. The third kappa shape index (κ3) is 5.46. The van der Waals surface area contributed by atoms with Crippen LogP contribution in [0.3, 0.4) is 0 Å². The van der Waals surface area contributed by atoms with Crippen molar-refractivity contribution in [2.45, 2.75) is 71.1 Å². The molecule has 0 atom stereocenters. The smallest absolute Gasteiger partial charge is 0.407 e. The van der Waals surface area contributed by atoms with Gasteiger partial charge in [-0.3, -0.25) is 0 Å². The van der Waals surface area contributed by atoms with E-state index in [-0.39, 0.29) is 12.1 Å². The first-order valence-electron chi connectivity index (χ1n) is 9.73. The number of nitrogens with one attached hydrogen (secondary N) is 1. The van der Waals surface area contributed by atoms with Crippen LogP contribution in [0.5, 0.6) is 0 Å². The largest absolute Gasteiger partial charge is 0.445 e. The van der Waals surface area contributed by atoms with Crippen LogP contribution >= 0.6 is 0 Å². The summed E-state index contributed by atoms with van der Waals surface area (Å²) in [7, 11) is 0. The number of alkyl carbamates (subject to hydrolysis) is 1. The minimum atomic E-state index is -0.285. The van der Waals surface area contributed by atoms with Crippen molar-refractivity contribution >= 4 is 6.09 Å². The predicted octanol–water partition coefficient (Wildman–Crippen LogP) is 4.35. The molecule has 2 fully saturated rings.